The summed E-state index contributed by atoms with van der Waals surface area (Å²) in [6, 6.07) is 66.0. The van der Waals surface area contributed by atoms with Crippen LogP contribution >= 0.6 is 0 Å². The minimum atomic E-state index is 0.602. The number of para-hydroxylation sites is 5. The summed E-state index contributed by atoms with van der Waals surface area (Å²) in [5.41, 5.74) is 12.8. The summed E-state index contributed by atoms with van der Waals surface area (Å²) in [4.78, 5) is 0. The van der Waals surface area contributed by atoms with Crippen LogP contribution in [0.1, 0.15) is 11.1 Å². The molecule has 0 N–H and O–H groups in total. The van der Waals surface area contributed by atoms with Gasteiger partial charge in [0.1, 0.15) is 0 Å². The smallest absolute Gasteiger partial charge is 0.0991 e. The monoisotopic (exact) mass is 699 g/mol. The highest BCUT2D eigenvalue weighted by Gasteiger charge is 2.23. The third kappa shape index (κ3) is 4.39. The van der Waals surface area contributed by atoms with E-state index in [4.69, 9.17) is 0 Å². The van der Waals surface area contributed by atoms with Crippen molar-refractivity contribution in [3.05, 3.63) is 187 Å². The van der Waals surface area contributed by atoms with E-state index in [1.54, 1.807) is 0 Å². The lowest BCUT2D eigenvalue weighted by Crippen LogP contribution is -2.02. The van der Waals surface area contributed by atoms with Crippen molar-refractivity contribution < 1.29 is 0 Å². The van der Waals surface area contributed by atoms with Gasteiger partial charge in [0.15, 0.2) is 0 Å². The number of nitrogens with zero attached hydrogens (tertiary/aromatic N) is 5. The maximum Gasteiger partial charge on any atom is 0.0991 e. The molecular weight excluding hydrogens is 671 g/mol. The third-order valence-corrected chi connectivity index (χ3v) is 11.1. The fourth-order valence-corrected chi connectivity index (χ4v) is 8.84. The second-order valence-electron chi connectivity index (χ2n) is 14.0. The molecule has 0 bridgehead atoms. The van der Waals surface area contributed by atoms with Crippen LogP contribution in [0, 0.1) is 22.7 Å². The Bertz CT molecular complexity index is 3420. The summed E-state index contributed by atoms with van der Waals surface area (Å²) in [5.74, 6) is 0. The summed E-state index contributed by atoms with van der Waals surface area (Å²) in [6.07, 6.45) is 0. The Morgan fingerprint density at radius 2 is 0.745 bits per heavy atom. The summed E-state index contributed by atoms with van der Waals surface area (Å²) in [5, 5.41) is 26.8. The van der Waals surface area contributed by atoms with Gasteiger partial charge >= 0.3 is 0 Å². The first-order valence-electron chi connectivity index (χ1n) is 18.3. The molecule has 5 nitrogen and oxygen atoms in total. The first-order valence-corrected chi connectivity index (χ1v) is 18.3. The predicted octanol–water partition coefficient (Wildman–Crippen LogP) is 12.4. The van der Waals surface area contributed by atoms with Gasteiger partial charge in [-0.05, 0) is 78.9 Å². The predicted molar refractivity (Wildman–Crippen MR) is 224 cm³/mol. The van der Waals surface area contributed by atoms with Crippen LogP contribution in [0.5, 0.6) is 0 Å². The molecule has 8 aromatic carbocycles. The Kier molecular flexibility index (Phi) is 6.61. The summed E-state index contributed by atoms with van der Waals surface area (Å²) >= 11 is 0. The Morgan fingerprint density at radius 1 is 0.309 bits per heavy atom. The van der Waals surface area contributed by atoms with E-state index in [0.29, 0.717) is 11.1 Å². The molecule has 0 saturated heterocycles. The van der Waals surface area contributed by atoms with Gasteiger partial charge in [-0.2, -0.15) is 10.5 Å². The fourth-order valence-electron chi connectivity index (χ4n) is 8.84. The highest BCUT2D eigenvalue weighted by atomic mass is 15.0. The maximum atomic E-state index is 10.2. The number of rotatable bonds is 4. The van der Waals surface area contributed by atoms with E-state index in [0.717, 1.165) is 82.8 Å². The molecule has 11 aromatic rings. The molecule has 55 heavy (non-hydrogen) atoms. The number of hydrogen-bond donors (Lipinski definition) is 0. The van der Waals surface area contributed by atoms with Gasteiger partial charge in [-0.25, -0.2) is 0 Å². The van der Waals surface area contributed by atoms with Gasteiger partial charge in [0.2, 0.25) is 0 Å². The third-order valence-electron chi connectivity index (χ3n) is 11.1. The number of nitriles is 2. The molecule has 0 spiro atoms. The molecular formula is C50H29N5. The Balaban J connectivity index is 1.23. The zero-order chi connectivity index (χ0) is 36.6. The van der Waals surface area contributed by atoms with E-state index in [9.17, 15) is 10.5 Å². The standard InChI is InChI=1S/C50H29N5/c51-30-32-24-26-46(53-41-17-6-1-12-34(41)35-13-2-7-18-42(35)53)39(28-32)36-14-3-8-19-43(36)54-45-21-10-5-16-38(45)50-48(54)22-11-23-49(50)55-44-20-9-4-15-37(44)40-29-33(31-52)25-27-47(40)55/h1-29H. The van der Waals surface area contributed by atoms with Gasteiger partial charge in [0.25, 0.3) is 0 Å². The molecule has 0 unspecified atom stereocenters. The molecule has 3 heterocycles. The number of aromatic nitrogens is 3. The Hall–Kier alpha value is -7.86. The normalized spacial score (nSPS) is 11.6. The Morgan fingerprint density at radius 3 is 1.42 bits per heavy atom. The van der Waals surface area contributed by atoms with Crippen LogP contribution in [0.4, 0.5) is 0 Å². The molecule has 254 valence electrons. The minimum Gasteiger partial charge on any atom is -0.309 e. The van der Waals surface area contributed by atoms with Gasteiger partial charge in [-0.3, -0.25) is 0 Å². The van der Waals surface area contributed by atoms with E-state index >= 15 is 0 Å². The van der Waals surface area contributed by atoms with Crippen LogP contribution in [-0.4, -0.2) is 13.7 Å². The first-order chi connectivity index (χ1) is 27.2. The van der Waals surface area contributed by atoms with Crippen molar-refractivity contribution in [2.24, 2.45) is 0 Å². The highest BCUT2D eigenvalue weighted by molar-refractivity contribution is 6.17. The van der Waals surface area contributed by atoms with Crippen molar-refractivity contribution in [1.29, 1.82) is 10.5 Å². The molecule has 0 aliphatic carbocycles. The molecule has 0 aliphatic rings. The lowest BCUT2D eigenvalue weighted by Gasteiger charge is -2.19. The molecule has 5 heteroatoms. The van der Waals surface area contributed by atoms with Crippen LogP contribution in [0.25, 0.3) is 93.6 Å². The van der Waals surface area contributed by atoms with Crippen LogP contribution < -0.4 is 0 Å². The van der Waals surface area contributed by atoms with E-state index in [2.05, 4.69) is 177 Å². The maximum absolute atomic E-state index is 10.2. The van der Waals surface area contributed by atoms with E-state index in [-0.39, 0.29) is 0 Å². The van der Waals surface area contributed by atoms with Crippen molar-refractivity contribution in [3.63, 3.8) is 0 Å². The zero-order valence-electron chi connectivity index (χ0n) is 29.5. The molecule has 0 saturated carbocycles. The van der Waals surface area contributed by atoms with Crippen molar-refractivity contribution in [2.75, 3.05) is 0 Å². The average molecular weight is 700 g/mol. The molecule has 11 rings (SSSR count). The first kappa shape index (κ1) is 30.7. The topological polar surface area (TPSA) is 62.4 Å². The second kappa shape index (κ2) is 11.8. The average Bonchev–Trinajstić information content (AvgIpc) is 3.89. The number of benzene rings is 8. The summed E-state index contributed by atoms with van der Waals surface area (Å²) < 4.78 is 7.05. The molecule has 0 radical (unpaired) electrons. The van der Waals surface area contributed by atoms with Gasteiger partial charge in [0, 0.05) is 43.4 Å². The van der Waals surface area contributed by atoms with Crippen LogP contribution in [0.3, 0.4) is 0 Å². The SMILES string of the molecule is N#Cc1ccc(-n2c3ccccc3c3ccccc32)c(-c2ccccc2-n2c3ccccc3c3c(-n4c5ccccc5c5cc(C#N)ccc54)cccc32)c1. The van der Waals surface area contributed by atoms with Crippen molar-refractivity contribution in [1.82, 2.24) is 13.7 Å². The lowest BCUT2D eigenvalue weighted by atomic mass is 9.98. The van der Waals surface area contributed by atoms with Crippen molar-refractivity contribution >= 4 is 65.4 Å². The number of hydrogen-bond acceptors (Lipinski definition) is 2. The zero-order valence-corrected chi connectivity index (χ0v) is 29.5. The molecule has 0 amide bonds. The fraction of sp³-hybridized carbons (Fsp3) is 0. The van der Waals surface area contributed by atoms with E-state index < -0.39 is 0 Å². The largest absolute Gasteiger partial charge is 0.309 e. The van der Waals surface area contributed by atoms with Crippen molar-refractivity contribution in [2.45, 2.75) is 0 Å². The second-order valence-corrected chi connectivity index (χ2v) is 14.0. The molecule has 3 aromatic heterocycles. The molecule has 0 aliphatic heterocycles. The Labute approximate surface area is 316 Å². The number of fused-ring (bicyclic) bond motifs is 9. The van der Waals surface area contributed by atoms with Crippen LogP contribution in [0.15, 0.2) is 176 Å². The quantitative estimate of drug-likeness (QED) is 0.184. The van der Waals surface area contributed by atoms with Gasteiger partial charge in [-0.15, -0.1) is 0 Å². The molecule has 0 fully saturated rings. The summed E-state index contributed by atoms with van der Waals surface area (Å²) in [7, 11) is 0. The summed E-state index contributed by atoms with van der Waals surface area (Å²) in [6.45, 7) is 0. The van der Waals surface area contributed by atoms with E-state index in [1.807, 2.05) is 24.3 Å². The van der Waals surface area contributed by atoms with Gasteiger partial charge < -0.3 is 13.7 Å². The van der Waals surface area contributed by atoms with Crippen LogP contribution in [-0.2, 0) is 0 Å². The van der Waals surface area contributed by atoms with Crippen LogP contribution in [0.2, 0.25) is 0 Å². The highest BCUT2D eigenvalue weighted by Crippen LogP contribution is 2.43. The van der Waals surface area contributed by atoms with Crippen molar-refractivity contribution in [3.8, 4) is 40.3 Å². The molecule has 0 atom stereocenters. The lowest BCUT2D eigenvalue weighted by molar-refractivity contribution is 1.15. The van der Waals surface area contributed by atoms with E-state index in [1.165, 1.54) is 10.8 Å². The minimum absolute atomic E-state index is 0.602. The van der Waals surface area contributed by atoms with Gasteiger partial charge in [0.05, 0.1) is 73.4 Å². The van der Waals surface area contributed by atoms with Gasteiger partial charge in [-0.1, -0.05) is 97.1 Å².